The first kappa shape index (κ1) is 26.3. The molecule has 0 aromatic heterocycles. The fourth-order valence-corrected chi connectivity index (χ4v) is 0.965. The number of carboxylic acids is 1. The summed E-state index contributed by atoms with van der Waals surface area (Å²) < 4.78 is 4.67. The molecule has 1 radical (unpaired) electrons. The fourth-order valence-electron chi connectivity index (χ4n) is 0.965. The van der Waals surface area contributed by atoms with Crippen molar-refractivity contribution in [3.8, 4) is 0 Å². The summed E-state index contributed by atoms with van der Waals surface area (Å²) in [6.45, 7) is 12.4. The predicted molar refractivity (Wildman–Crippen MR) is 98.3 cm³/mol. The van der Waals surface area contributed by atoms with E-state index in [1.807, 2.05) is 43.3 Å². The number of ether oxygens (including phenoxy) is 1. The van der Waals surface area contributed by atoms with Crippen LogP contribution in [0.4, 0.5) is 0 Å². The van der Waals surface area contributed by atoms with Crippen molar-refractivity contribution in [3.05, 3.63) is 67.8 Å². The topological polar surface area (TPSA) is 63.6 Å². The first-order chi connectivity index (χ1) is 10.5. The van der Waals surface area contributed by atoms with Gasteiger partial charge in [-0.1, -0.05) is 69.5 Å². The van der Waals surface area contributed by atoms with Crippen LogP contribution in [-0.2, 0) is 14.3 Å². The molecule has 0 unspecified atom stereocenters. The Bertz CT molecular complexity index is 461. The fraction of sp³-hybridized carbons (Fsp3) is 0.222. The molecule has 1 aromatic carbocycles. The number of benzene rings is 1. The van der Waals surface area contributed by atoms with Gasteiger partial charge in [-0.25, -0.2) is 9.59 Å². The summed E-state index contributed by atoms with van der Waals surface area (Å²) in [4.78, 5) is 19.6. The molecule has 5 heteroatoms. The molecule has 1 N–H and O–H groups in total. The molecule has 0 aliphatic rings. The van der Waals surface area contributed by atoms with Crippen LogP contribution < -0.4 is 0 Å². The molecule has 0 bridgehead atoms. The van der Waals surface area contributed by atoms with Gasteiger partial charge in [-0.2, -0.15) is 0 Å². The molecule has 0 aliphatic carbocycles. The van der Waals surface area contributed by atoms with Crippen LogP contribution in [0.1, 0.15) is 26.8 Å². The van der Waals surface area contributed by atoms with Crippen molar-refractivity contribution in [1.29, 1.82) is 0 Å². The Balaban J connectivity index is -0.000000124. The zero-order valence-electron chi connectivity index (χ0n) is 14.0. The van der Waals surface area contributed by atoms with E-state index in [1.54, 1.807) is 0 Å². The van der Waals surface area contributed by atoms with Crippen molar-refractivity contribution in [1.82, 2.24) is 0 Å². The van der Waals surface area contributed by atoms with Crippen molar-refractivity contribution in [3.63, 3.8) is 0 Å². The van der Waals surface area contributed by atoms with Gasteiger partial charge in [0.2, 0.25) is 0 Å². The van der Waals surface area contributed by atoms with Gasteiger partial charge in [0.15, 0.2) is 0 Å². The van der Waals surface area contributed by atoms with Gasteiger partial charge in [-0.05, 0) is 12.0 Å². The average Bonchev–Trinajstić information content (AvgIpc) is 2.56. The van der Waals surface area contributed by atoms with E-state index >= 15 is 0 Å². The van der Waals surface area contributed by atoms with E-state index in [2.05, 4.69) is 24.5 Å². The standard InChI is InChI=1S/C8H8.C7H12O2.C3H4O2.Na.H2/c1-2-8-6-4-3-5-7-8;1-3-5-6-9-7(8)4-2;1-2-3(4)5;;/h2-7H,1H2;4H,2-3,5-6H2,1H3;2H,1H2,(H,4,5);;1H. The van der Waals surface area contributed by atoms with E-state index in [1.165, 1.54) is 11.6 Å². The van der Waals surface area contributed by atoms with Crippen LogP contribution in [0.2, 0.25) is 0 Å². The number of carbonyl (C=O) groups is 2. The second-order valence-corrected chi connectivity index (χ2v) is 3.88. The smallest absolute Gasteiger partial charge is 0.330 e. The second-order valence-electron chi connectivity index (χ2n) is 3.88. The molecule has 0 heterocycles. The maximum atomic E-state index is 10.3. The molecule has 23 heavy (non-hydrogen) atoms. The second kappa shape index (κ2) is 20.4. The molecule has 0 aliphatic heterocycles. The Hall–Kier alpha value is -1.62. The molecule has 0 fully saturated rings. The Morgan fingerprint density at radius 3 is 2.00 bits per heavy atom. The minimum absolute atomic E-state index is 0. The molecule has 123 valence electrons. The van der Waals surface area contributed by atoms with Crippen LogP contribution in [-0.4, -0.2) is 53.2 Å². The summed E-state index contributed by atoms with van der Waals surface area (Å²) in [5.74, 6) is -1.31. The number of carboxylic acid groups (broad SMARTS) is 1. The first-order valence-corrected chi connectivity index (χ1v) is 6.83. The quantitative estimate of drug-likeness (QED) is 0.371. The van der Waals surface area contributed by atoms with Crippen molar-refractivity contribution in [2.75, 3.05) is 6.61 Å². The van der Waals surface area contributed by atoms with E-state index in [4.69, 9.17) is 5.11 Å². The normalized spacial score (nSPS) is 7.70. The van der Waals surface area contributed by atoms with Crippen LogP contribution in [0.15, 0.2) is 62.2 Å². The van der Waals surface area contributed by atoms with Gasteiger partial charge >= 0.3 is 11.9 Å². The molecule has 0 atom stereocenters. The average molecular weight is 329 g/mol. The number of carbonyl (C=O) groups excluding carboxylic acids is 1. The van der Waals surface area contributed by atoms with Gasteiger partial charge in [-0.15, -0.1) is 0 Å². The van der Waals surface area contributed by atoms with Gasteiger partial charge in [0.25, 0.3) is 0 Å². The minimum atomic E-state index is -0.981. The summed E-state index contributed by atoms with van der Waals surface area (Å²) in [7, 11) is 0. The third kappa shape index (κ3) is 22.8. The van der Waals surface area contributed by atoms with Crippen LogP contribution >= 0.6 is 0 Å². The first-order valence-electron chi connectivity index (χ1n) is 6.83. The Labute approximate surface area is 162 Å². The Morgan fingerprint density at radius 2 is 1.70 bits per heavy atom. The SMILES string of the molecule is C=CC(=O)O.C=CC(=O)OCCCC.C=Cc1ccccc1.[HH].[Na]. The largest absolute Gasteiger partial charge is 0.478 e. The van der Waals surface area contributed by atoms with Gasteiger partial charge in [-0.3, -0.25) is 0 Å². The van der Waals surface area contributed by atoms with Crippen molar-refractivity contribution in [2.24, 2.45) is 0 Å². The Morgan fingerprint density at radius 1 is 1.17 bits per heavy atom. The maximum absolute atomic E-state index is 10.3. The third-order valence-corrected chi connectivity index (χ3v) is 2.12. The summed E-state index contributed by atoms with van der Waals surface area (Å²) in [5.41, 5.74) is 1.17. The van der Waals surface area contributed by atoms with Crippen LogP contribution in [0, 0.1) is 0 Å². The molecule has 1 rings (SSSR count). The zero-order chi connectivity index (χ0) is 17.2. The molecule has 1 aromatic rings. The summed E-state index contributed by atoms with van der Waals surface area (Å²) in [6.07, 6.45) is 5.82. The van der Waals surface area contributed by atoms with Crippen LogP contribution in [0.5, 0.6) is 0 Å². The number of hydrogen-bond acceptors (Lipinski definition) is 3. The molecule has 4 nitrogen and oxygen atoms in total. The van der Waals surface area contributed by atoms with E-state index in [0.29, 0.717) is 6.61 Å². The molecule has 0 spiro atoms. The van der Waals surface area contributed by atoms with E-state index in [9.17, 15) is 9.59 Å². The van der Waals surface area contributed by atoms with Crippen molar-refractivity contribution < 1.29 is 20.9 Å². The van der Waals surface area contributed by atoms with Crippen molar-refractivity contribution in [2.45, 2.75) is 19.8 Å². The van der Waals surface area contributed by atoms with E-state index < -0.39 is 5.97 Å². The summed E-state index contributed by atoms with van der Waals surface area (Å²) in [5, 5.41) is 7.60. The maximum Gasteiger partial charge on any atom is 0.330 e. The molecular weight excluding hydrogens is 303 g/mol. The summed E-state index contributed by atoms with van der Waals surface area (Å²) in [6, 6.07) is 10.0. The van der Waals surface area contributed by atoms with Gasteiger partial charge in [0, 0.05) is 43.1 Å². The zero-order valence-corrected chi connectivity index (χ0v) is 16.0. The molecular formula is C18H26NaO4. The molecule has 0 saturated heterocycles. The summed E-state index contributed by atoms with van der Waals surface area (Å²) >= 11 is 0. The minimum Gasteiger partial charge on any atom is -0.478 e. The van der Waals surface area contributed by atoms with Crippen LogP contribution in [0.25, 0.3) is 6.08 Å². The monoisotopic (exact) mass is 329 g/mol. The molecule has 0 saturated carbocycles. The number of hydrogen-bond donors (Lipinski definition) is 1. The number of rotatable bonds is 6. The number of esters is 1. The Kier molecular flexibility index (Phi) is 23.3. The van der Waals surface area contributed by atoms with E-state index in [-0.39, 0.29) is 37.0 Å². The molecule has 0 amide bonds. The number of unbranched alkanes of at least 4 members (excludes halogenated alkanes) is 1. The van der Waals surface area contributed by atoms with Crippen molar-refractivity contribution >= 4 is 47.6 Å². The van der Waals surface area contributed by atoms with Gasteiger partial charge < -0.3 is 9.84 Å². The van der Waals surface area contributed by atoms with Gasteiger partial charge in [0.05, 0.1) is 6.61 Å². The van der Waals surface area contributed by atoms with Crippen LogP contribution in [0.3, 0.4) is 0 Å². The number of aliphatic carboxylic acids is 1. The van der Waals surface area contributed by atoms with E-state index in [0.717, 1.165) is 18.9 Å². The third-order valence-electron chi connectivity index (χ3n) is 2.12. The van der Waals surface area contributed by atoms with Gasteiger partial charge in [0.1, 0.15) is 0 Å². The predicted octanol–water partition coefficient (Wildman–Crippen LogP) is 3.97.